The van der Waals surface area contributed by atoms with Gasteiger partial charge < -0.3 is 4.52 Å². The SMILES string of the molecule is CC1CC1c1noc(CC(=O)NOC2CCC2)n1. The van der Waals surface area contributed by atoms with Crippen molar-refractivity contribution in [2.24, 2.45) is 5.92 Å². The van der Waals surface area contributed by atoms with Gasteiger partial charge in [-0.3, -0.25) is 9.63 Å². The first-order valence-corrected chi connectivity index (χ1v) is 6.49. The van der Waals surface area contributed by atoms with E-state index in [1.165, 1.54) is 6.42 Å². The van der Waals surface area contributed by atoms with E-state index >= 15 is 0 Å². The third-order valence-electron chi connectivity index (χ3n) is 3.63. The minimum absolute atomic E-state index is 0.0841. The van der Waals surface area contributed by atoms with Gasteiger partial charge in [0, 0.05) is 5.92 Å². The van der Waals surface area contributed by atoms with Crippen molar-refractivity contribution in [3.05, 3.63) is 11.7 Å². The second-order valence-corrected chi connectivity index (χ2v) is 5.24. The molecule has 0 aliphatic heterocycles. The smallest absolute Gasteiger partial charge is 0.252 e. The van der Waals surface area contributed by atoms with Crippen molar-refractivity contribution in [3.8, 4) is 0 Å². The molecule has 6 nitrogen and oxygen atoms in total. The van der Waals surface area contributed by atoms with Crippen molar-refractivity contribution in [1.29, 1.82) is 0 Å². The molecule has 2 unspecified atom stereocenters. The summed E-state index contributed by atoms with van der Waals surface area (Å²) in [5, 5.41) is 3.90. The molecule has 1 N–H and O–H groups in total. The Morgan fingerprint density at radius 2 is 2.33 bits per heavy atom. The molecule has 2 saturated carbocycles. The Kier molecular flexibility index (Phi) is 3.03. The molecule has 0 aromatic carbocycles. The molecule has 2 aliphatic carbocycles. The lowest BCUT2D eigenvalue weighted by atomic mass is 9.97. The van der Waals surface area contributed by atoms with E-state index in [0.29, 0.717) is 17.7 Å². The molecule has 0 bridgehead atoms. The van der Waals surface area contributed by atoms with Crippen LogP contribution in [0.5, 0.6) is 0 Å². The average molecular weight is 251 g/mol. The van der Waals surface area contributed by atoms with Crippen LogP contribution in [0.15, 0.2) is 4.52 Å². The number of hydrogen-bond acceptors (Lipinski definition) is 5. The van der Waals surface area contributed by atoms with E-state index in [1.54, 1.807) is 0 Å². The zero-order valence-corrected chi connectivity index (χ0v) is 10.4. The number of hydrogen-bond donors (Lipinski definition) is 1. The maximum Gasteiger partial charge on any atom is 0.252 e. The van der Waals surface area contributed by atoms with Crippen LogP contribution in [0.1, 0.15) is 50.2 Å². The molecule has 2 atom stereocenters. The summed E-state index contributed by atoms with van der Waals surface area (Å²) in [6, 6.07) is 0. The summed E-state index contributed by atoms with van der Waals surface area (Å²) in [4.78, 5) is 21.0. The summed E-state index contributed by atoms with van der Waals surface area (Å²) in [7, 11) is 0. The van der Waals surface area contributed by atoms with Gasteiger partial charge >= 0.3 is 0 Å². The van der Waals surface area contributed by atoms with Crippen LogP contribution in [0.25, 0.3) is 0 Å². The number of aromatic nitrogens is 2. The molecular weight excluding hydrogens is 234 g/mol. The Balaban J connectivity index is 1.46. The highest BCUT2D eigenvalue weighted by Gasteiger charge is 2.38. The van der Waals surface area contributed by atoms with E-state index in [0.717, 1.165) is 25.1 Å². The van der Waals surface area contributed by atoms with Gasteiger partial charge in [-0.15, -0.1) is 0 Å². The van der Waals surface area contributed by atoms with E-state index in [-0.39, 0.29) is 18.4 Å². The van der Waals surface area contributed by atoms with Gasteiger partial charge in [-0.05, 0) is 31.6 Å². The highest BCUT2D eigenvalue weighted by Crippen LogP contribution is 2.45. The van der Waals surface area contributed by atoms with Crippen LogP contribution in [0.3, 0.4) is 0 Å². The van der Waals surface area contributed by atoms with Crippen molar-refractivity contribution in [1.82, 2.24) is 15.6 Å². The van der Waals surface area contributed by atoms with Crippen molar-refractivity contribution < 1.29 is 14.2 Å². The summed E-state index contributed by atoms with van der Waals surface area (Å²) >= 11 is 0. The summed E-state index contributed by atoms with van der Waals surface area (Å²) in [5.74, 6) is 1.90. The monoisotopic (exact) mass is 251 g/mol. The van der Waals surface area contributed by atoms with Crippen LogP contribution in [0.2, 0.25) is 0 Å². The lowest BCUT2D eigenvalue weighted by Crippen LogP contribution is -2.34. The van der Waals surface area contributed by atoms with E-state index in [4.69, 9.17) is 9.36 Å². The fourth-order valence-corrected chi connectivity index (χ4v) is 1.98. The van der Waals surface area contributed by atoms with Gasteiger partial charge in [0.15, 0.2) is 5.82 Å². The second-order valence-electron chi connectivity index (χ2n) is 5.24. The fourth-order valence-electron chi connectivity index (χ4n) is 1.98. The molecule has 0 radical (unpaired) electrons. The second kappa shape index (κ2) is 4.68. The van der Waals surface area contributed by atoms with Crippen LogP contribution in [0, 0.1) is 5.92 Å². The number of amides is 1. The zero-order chi connectivity index (χ0) is 12.5. The van der Waals surface area contributed by atoms with Crippen molar-refractivity contribution in [2.75, 3.05) is 0 Å². The number of carbonyl (C=O) groups is 1. The molecule has 1 heterocycles. The molecule has 2 aliphatic rings. The average Bonchev–Trinajstić information content (AvgIpc) is 2.83. The number of rotatable bonds is 5. The lowest BCUT2D eigenvalue weighted by molar-refractivity contribution is -0.142. The first-order valence-electron chi connectivity index (χ1n) is 6.49. The molecule has 0 saturated heterocycles. The Bertz CT molecular complexity index is 442. The van der Waals surface area contributed by atoms with Crippen molar-refractivity contribution >= 4 is 5.91 Å². The molecule has 6 heteroatoms. The van der Waals surface area contributed by atoms with Crippen LogP contribution < -0.4 is 5.48 Å². The zero-order valence-electron chi connectivity index (χ0n) is 10.4. The minimum Gasteiger partial charge on any atom is -0.339 e. The number of hydroxylamine groups is 1. The van der Waals surface area contributed by atoms with E-state index < -0.39 is 0 Å². The van der Waals surface area contributed by atoms with Crippen LogP contribution >= 0.6 is 0 Å². The number of nitrogens with one attached hydrogen (secondary N) is 1. The van der Waals surface area contributed by atoms with Crippen LogP contribution in [-0.2, 0) is 16.1 Å². The highest BCUT2D eigenvalue weighted by atomic mass is 16.7. The normalized spacial score (nSPS) is 26.7. The summed E-state index contributed by atoms with van der Waals surface area (Å²) in [5.41, 5.74) is 2.43. The third kappa shape index (κ3) is 2.53. The standard InChI is InChI=1S/C12H17N3O3/c1-7-5-9(7)12-13-11(18-15-12)6-10(16)14-17-8-3-2-4-8/h7-9H,2-6H2,1H3,(H,14,16). The van der Waals surface area contributed by atoms with Crippen molar-refractivity contribution in [2.45, 2.75) is 51.0 Å². The molecule has 98 valence electrons. The van der Waals surface area contributed by atoms with Gasteiger partial charge in [0.1, 0.15) is 6.42 Å². The summed E-state index contributed by atoms with van der Waals surface area (Å²) in [6.07, 6.45) is 4.58. The van der Waals surface area contributed by atoms with Gasteiger partial charge in [0.2, 0.25) is 5.89 Å². The number of carbonyl (C=O) groups excluding carboxylic acids is 1. The molecular formula is C12H17N3O3. The van der Waals surface area contributed by atoms with Crippen molar-refractivity contribution in [3.63, 3.8) is 0 Å². The Hall–Kier alpha value is -1.43. The van der Waals surface area contributed by atoms with Crippen LogP contribution in [-0.4, -0.2) is 22.2 Å². The molecule has 3 rings (SSSR count). The van der Waals surface area contributed by atoms with Gasteiger partial charge in [-0.25, -0.2) is 5.48 Å². The van der Waals surface area contributed by atoms with Gasteiger partial charge in [0.25, 0.3) is 5.91 Å². The highest BCUT2D eigenvalue weighted by molar-refractivity contribution is 5.76. The van der Waals surface area contributed by atoms with Crippen LogP contribution in [0.4, 0.5) is 0 Å². The predicted octanol–water partition coefficient (Wildman–Crippen LogP) is 1.34. The molecule has 1 aromatic rings. The quantitative estimate of drug-likeness (QED) is 0.799. The first-order chi connectivity index (χ1) is 8.72. The third-order valence-corrected chi connectivity index (χ3v) is 3.63. The number of nitrogens with zero attached hydrogens (tertiary/aromatic N) is 2. The molecule has 0 spiro atoms. The summed E-state index contributed by atoms with van der Waals surface area (Å²) < 4.78 is 5.05. The van der Waals surface area contributed by atoms with Gasteiger partial charge in [-0.1, -0.05) is 12.1 Å². The Labute approximate surface area is 105 Å². The largest absolute Gasteiger partial charge is 0.339 e. The molecule has 1 aromatic heterocycles. The maximum atomic E-state index is 11.6. The van der Waals surface area contributed by atoms with E-state index in [9.17, 15) is 4.79 Å². The van der Waals surface area contributed by atoms with Gasteiger partial charge in [-0.2, -0.15) is 4.98 Å². The molecule has 2 fully saturated rings. The van der Waals surface area contributed by atoms with E-state index in [2.05, 4.69) is 22.5 Å². The fraction of sp³-hybridized carbons (Fsp3) is 0.750. The van der Waals surface area contributed by atoms with Gasteiger partial charge in [0.05, 0.1) is 6.10 Å². The first kappa shape index (κ1) is 11.6. The van der Waals surface area contributed by atoms with E-state index in [1.807, 2.05) is 0 Å². The lowest BCUT2D eigenvalue weighted by Gasteiger charge is -2.24. The Morgan fingerprint density at radius 3 is 2.94 bits per heavy atom. The molecule has 1 amide bonds. The molecule has 18 heavy (non-hydrogen) atoms. The Morgan fingerprint density at radius 1 is 1.56 bits per heavy atom. The topological polar surface area (TPSA) is 77.2 Å². The predicted molar refractivity (Wildman–Crippen MR) is 61.4 cm³/mol. The minimum atomic E-state index is -0.235. The maximum absolute atomic E-state index is 11.6. The summed E-state index contributed by atoms with van der Waals surface area (Å²) in [6.45, 7) is 2.15.